The highest BCUT2D eigenvalue weighted by atomic mass is 79.9. The summed E-state index contributed by atoms with van der Waals surface area (Å²) in [6, 6.07) is 10.5. The lowest BCUT2D eigenvalue weighted by molar-refractivity contribution is -0.383. The van der Waals surface area contributed by atoms with E-state index in [0.717, 1.165) is 6.33 Å². The zero-order valence-electron chi connectivity index (χ0n) is 14.8. The number of aromatic nitrogens is 2. The van der Waals surface area contributed by atoms with Gasteiger partial charge in [-0.2, -0.15) is 0 Å². The van der Waals surface area contributed by atoms with E-state index >= 15 is 0 Å². The van der Waals surface area contributed by atoms with E-state index in [2.05, 4.69) is 36.5 Å². The number of hydrogen-bond acceptors (Lipinski definition) is 8. The van der Waals surface area contributed by atoms with Crippen LogP contribution in [-0.4, -0.2) is 28.0 Å². The van der Waals surface area contributed by atoms with Gasteiger partial charge in [0.25, 0.3) is 0 Å². The number of rotatable bonds is 6. The standard InChI is InChI=1S/C18H13BrFN5O4/c1-29-18(26)11-4-2-3-5-13(11)23-16-15(25(27)28)17(22-9-21-16)24-14-7-6-10(19)8-12(14)20/h2-9H,1H3,(H2,21,22,23,24). The van der Waals surface area contributed by atoms with Gasteiger partial charge in [0.15, 0.2) is 0 Å². The van der Waals surface area contributed by atoms with Crippen LogP contribution in [0.3, 0.4) is 0 Å². The summed E-state index contributed by atoms with van der Waals surface area (Å²) in [5.74, 6) is -1.65. The lowest BCUT2D eigenvalue weighted by Gasteiger charge is -2.12. The second-order valence-electron chi connectivity index (χ2n) is 5.59. The Bertz CT molecular complexity index is 1100. The Morgan fingerprint density at radius 3 is 2.41 bits per heavy atom. The van der Waals surface area contributed by atoms with Gasteiger partial charge in [0.05, 0.1) is 29.0 Å². The average molecular weight is 462 g/mol. The fourth-order valence-electron chi connectivity index (χ4n) is 2.46. The summed E-state index contributed by atoms with van der Waals surface area (Å²) in [5, 5.41) is 17.0. The summed E-state index contributed by atoms with van der Waals surface area (Å²) in [4.78, 5) is 30.7. The average Bonchev–Trinajstić information content (AvgIpc) is 2.70. The second kappa shape index (κ2) is 8.61. The highest BCUT2D eigenvalue weighted by Gasteiger charge is 2.25. The number of carbonyl (C=O) groups excluding carboxylic acids is 1. The van der Waals surface area contributed by atoms with E-state index in [1.165, 1.54) is 25.3 Å². The zero-order valence-corrected chi connectivity index (χ0v) is 16.4. The first-order valence-electron chi connectivity index (χ1n) is 8.06. The summed E-state index contributed by atoms with van der Waals surface area (Å²) < 4.78 is 19.4. The number of benzene rings is 2. The minimum Gasteiger partial charge on any atom is -0.465 e. The maximum atomic E-state index is 14.1. The van der Waals surface area contributed by atoms with Crippen molar-refractivity contribution in [3.8, 4) is 0 Å². The number of methoxy groups -OCH3 is 1. The molecule has 2 aromatic carbocycles. The molecule has 0 saturated heterocycles. The number of ether oxygens (including phenoxy) is 1. The topological polar surface area (TPSA) is 119 Å². The van der Waals surface area contributed by atoms with Gasteiger partial charge in [-0.25, -0.2) is 19.2 Å². The van der Waals surface area contributed by atoms with Crippen LogP contribution in [0.5, 0.6) is 0 Å². The van der Waals surface area contributed by atoms with Crippen LogP contribution in [0.25, 0.3) is 0 Å². The third-order valence-electron chi connectivity index (χ3n) is 3.77. The first-order chi connectivity index (χ1) is 13.9. The minimum absolute atomic E-state index is 0.00379. The van der Waals surface area contributed by atoms with Gasteiger partial charge in [0.2, 0.25) is 11.6 Å². The molecule has 0 radical (unpaired) electrons. The summed E-state index contributed by atoms with van der Waals surface area (Å²) in [7, 11) is 1.22. The largest absolute Gasteiger partial charge is 0.465 e. The number of anilines is 4. The molecule has 1 heterocycles. The van der Waals surface area contributed by atoms with E-state index in [-0.39, 0.29) is 28.6 Å². The van der Waals surface area contributed by atoms with Gasteiger partial charge >= 0.3 is 11.7 Å². The summed E-state index contributed by atoms with van der Waals surface area (Å²) in [6.07, 6.45) is 1.08. The number of nitrogens with zero attached hydrogens (tertiary/aromatic N) is 3. The molecule has 0 amide bonds. The van der Waals surface area contributed by atoms with Crippen molar-refractivity contribution in [1.29, 1.82) is 0 Å². The van der Waals surface area contributed by atoms with Crippen LogP contribution in [-0.2, 0) is 4.74 Å². The third-order valence-corrected chi connectivity index (χ3v) is 4.27. The highest BCUT2D eigenvalue weighted by molar-refractivity contribution is 9.10. The first kappa shape index (κ1) is 20.1. The quantitative estimate of drug-likeness (QED) is 0.311. The molecule has 29 heavy (non-hydrogen) atoms. The highest BCUT2D eigenvalue weighted by Crippen LogP contribution is 2.34. The molecule has 2 N–H and O–H groups in total. The fourth-order valence-corrected chi connectivity index (χ4v) is 2.79. The Morgan fingerprint density at radius 1 is 1.14 bits per heavy atom. The van der Waals surface area contributed by atoms with Crippen molar-refractivity contribution in [2.24, 2.45) is 0 Å². The van der Waals surface area contributed by atoms with Crippen LogP contribution in [0.2, 0.25) is 0 Å². The first-order valence-corrected chi connectivity index (χ1v) is 8.86. The molecule has 3 rings (SSSR count). The molecular weight excluding hydrogens is 449 g/mol. The van der Waals surface area contributed by atoms with Gasteiger partial charge in [-0.3, -0.25) is 10.1 Å². The molecule has 148 valence electrons. The Balaban J connectivity index is 2.02. The number of esters is 1. The predicted molar refractivity (Wildman–Crippen MR) is 107 cm³/mol. The number of halogens is 2. The summed E-state index contributed by atoms with van der Waals surface area (Å²) >= 11 is 3.14. The monoisotopic (exact) mass is 461 g/mol. The molecule has 0 fully saturated rings. The molecule has 1 aromatic heterocycles. The molecule has 0 spiro atoms. The van der Waals surface area contributed by atoms with Crippen molar-refractivity contribution in [1.82, 2.24) is 9.97 Å². The maximum Gasteiger partial charge on any atom is 0.353 e. The lowest BCUT2D eigenvalue weighted by Crippen LogP contribution is -2.09. The van der Waals surface area contributed by atoms with E-state index in [1.807, 2.05) is 0 Å². The number of hydrogen-bond donors (Lipinski definition) is 2. The van der Waals surface area contributed by atoms with Crippen molar-refractivity contribution >= 4 is 50.6 Å². The molecular formula is C18H13BrFN5O4. The van der Waals surface area contributed by atoms with Crippen LogP contribution in [0.1, 0.15) is 10.4 Å². The van der Waals surface area contributed by atoms with Gasteiger partial charge in [-0.15, -0.1) is 0 Å². The molecule has 0 aliphatic heterocycles. The number of nitro groups is 1. The van der Waals surface area contributed by atoms with Crippen molar-refractivity contribution < 1.29 is 18.8 Å². The molecule has 9 nitrogen and oxygen atoms in total. The molecule has 0 aliphatic carbocycles. The van der Waals surface area contributed by atoms with E-state index in [4.69, 9.17) is 4.74 Å². The molecule has 0 atom stereocenters. The van der Waals surface area contributed by atoms with E-state index in [1.54, 1.807) is 24.3 Å². The van der Waals surface area contributed by atoms with E-state index < -0.39 is 22.4 Å². The number of para-hydroxylation sites is 1. The number of carbonyl (C=O) groups is 1. The minimum atomic E-state index is -0.706. The molecule has 0 unspecified atom stereocenters. The second-order valence-corrected chi connectivity index (χ2v) is 6.50. The lowest BCUT2D eigenvalue weighted by atomic mass is 10.2. The Labute approximate surface area is 172 Å². The summed E-state index contributed by atoms with van der Waals surface area (Å²) in [5.41, 5.74) is -0.108. The van der Waals surface area contributed by atoms with E-state index in [0.29, 0.717) is 4.47 Å². The zero-order chi connectivity index (χ0) is 21.0. The predicted octanol–water partition coefficient (Wildman–Crippen LogP) is 4.56. The van der Waals surface area contributed by atoms with Crippen LogP contribution in [0.4, 0.5) is 33.1 Å². The van der Waals surface area contributed by atoms with Crippen molar-refractivity contribution in [3.05, 3.63) is 74.8 Å². The molecule has 0 saturated carbocycles. The van der Waals surface area contributed by atoms with Crippen LogP contribution in [0.15, 0.2) is 53.3 Å². The Morgan fingerprint density at radius 2 is 1.79 bits per heavy atom. The van der Waals surface area contributed by atoms with Crippen LogP contribution < -0.4 is 10.6 Å². The third kappa shape index (κ3) is 4.46. The maximum absolute atomic E-state index is 14.1. The van der Waals surface area contributed by atoms with Crippen LogP contribution >= 0.6 is 15.9 Å². The van der Waals surface area contributed by atoms with E-state index in [9.17, 15) is 19.3 Å². The SMILES string of the molecule is COC(=O)c1ccccc1Nc1ncnc(Nc2ccc(Br)cc2F)c1[N+](=O)[O-]. The normalized spacial score (nSPS) is 10.3. The van der Waals surface area contributed by atoms with Crippen molar-refractivity contribution in [2.45, 2.75) is 0 Å². The van der Waals surface area contributed by atoms with Gasteiger partial charge in [-0.1, -0.05) is 28.1 Å². The molecule has 0 bridgehead atoms. The van der Waals surface area contributed by atoms with Gasteiger partial charge in [-0.05, 0) is 30.3 Å². The van der Waals surface area contributed by atoms with Gasteiger partial charge in [0.1, 0.15) is 12.1 Å². The van der Waals surface area contributed by atoms with Gasteiger partial charge in [0, 0.05) is 4.47 Å². The Kier molecular flexibility index (Phi) is 5.98. The van der Waals surface area contributed by atoms with Gasteiger partial charge < -0.3 is 15.4 Å². The molecule has 0 aliphatic rings. The summed E-state index contributed by atoms with van der Waals surface area (Å²) in [6.45, 7) is 0. The van der Waals surface area contributed by atoms with Crippen molar-refractivity contribution in [3.63, 3.8) is 0 Å². The molecule has 11 heteroatoms. The molecule has 3 aromatic rings. The van der Waals surface area contributed by atoms with Crippen LogP contribution in [0, 0.1) is 15.9 Å². The smallest absolute Gasteiger partial charge is 0.353 e. The number of nitrogens with one attached hydrogen (secondary N) is 2. The Hall–Kier alpha value is -3.60. The van der Waals surface area contributed by atoms with Crippen molar-refractivity contribution in [2.75, 3.05) is 17.7 Å². The fraction of sp³-hybridized carbons (Fsp3) is 0.0556.